The third-order valence-corrected chi connectivity index (χ3v) is 10.6. The molecular weight excluding hydrogens is 346 g/mol. The molecule has 28 heavy (non-hydrogen) atoms. The van der Waals surface area contributed by atoms with Gasteiger partial charge >= 0.3 is 0 Å². The van der Waals surface area contributed by atoms with Gasteiger partial charge in [0.05, 0.1) is 18.3 Å². The molecule has 3 nitrogen and oxygen atoms in total. The summed E-state index contributed by atoms with van der Waals surface area (Å²) in [5.74, 6) is 3.52. The predicted molar refractivity (Wildman–Crippen MR) is 111 cm³/mol. The molecule has 2 N–H and O–H groups in total. The SMILES string of the molecule is CC[C@H]1C(O)C2C3CC[C@H]([C@H](C)CC#N)[C@@]3(C)CCC2[C@@]2(C)CC[C@@H](O)C[C@@H]12. The van der Waals surface area contributed by atoms with Gasteiger partial charge in [-0.3, -0.25) is 0 Å². The molecule has 0 spiro atoms. The second kappa shape index (κ2) is 7.28. The molecule has 4 unspecified atom stereocenters. The van der Waals surface area contributed by atoms with E-state index in [1.165, 1.54) is 25.7 Å². The summed E-state index contributed by atoms with van der Waals surface area (Å²) >= 11 is 0. The zero-order valence-electron chi connectivity index (χ0n) is 18.4. The number of nitriles is 1. The molecule has 0 aromatic rings. The summed E-state index contributed by atoms with van der Waals surface area (Å²) in [6.07, 6.45) is 9.20. The van der Waals surface area contributed by atoms with Gasteiger partial charge in [-0.25, -0.2) is 0 Å². The Bertz CT molecular complexity index is 629. The number of hydrogen-bond donors (Lipinski definition) is 2. The summed E-state index contributed by atoms with van der Waals surface area (Å²) in [5, 5.41) is 31.3. The van der Waals surface area contributed by atoms with Crippen molar-refractivity contribution in [1.29, 1.82) is 5.26 Å². The number of aliphatic hydroxyl groups excluding tert-OH is 2. The predicted octanol–water partition coefficient (Wildman–Crippen LogP) is 5.16. The highest BCUT2D eigenvalue weighted by Gasteiger charge is 2.64. The normalized spacial score (nSPS) is 54.2. The highest BCUT2D eigenvalue weighted by Crippen LogP contribution is 2.69. The van der Waals surface area contributed by atoms with E-state index in [9.17, 15) is 15.5 Å². The van der Waals surface area contributed by atoms with Crippen LogP contribution in [0.2, 0.25) is 0 Å². The van der Waals surface area contributed by atoms with E-state index in [1.807, 2.05) is 0 Å². The fourth-order valence-electron chi connectivity index (χ4n) is 9.22. The molecule has 3 heteroatoms. The number of fused-ring (bicyclic) bond motifs is 5. The van der Waals surface area contributed by atoms with Crippen LogP contribution in [0.1, 0.15) is 85.5 Å². The second-order valence-electron chi connectivity index (χ2n) is 11.5. The minimum absolute atomic E-state index is 0.174. The molecule has 4 saturated carbocycles. The Kier molecular flexibility index (Phi) is 5.37. The topological polar surface area (TPSA) is 64.2 Å². The molecule has 0 heterocycles. The molecule has 0 radical (unpaired) electrons. The lowest BCUT2D eigenvalue weighted by molar-refractivity contribution is -0.203. The smallest absolute Gasteiger partial charge is 0.0624 e. The fourth-order valence-corrected chi connectivity index (χ4v) is 9.22. The highest BCUT2D eigenvalue weighted by atomic mass is 16.3. The number of nitrogens with zero attached hydrogens (tertiary/aromatic N) is 1. The monoisotopic (exact) mass is 387 g/mol. The Morgan fingerprint density at radius 3 is 2.36 bits per heavy atom. The Balaban J connectivity index is 1.68. The van der Waals surface area contributed by atoms with Crippen LogP contribution in [0.25, 0.3) is 0 Å². The first-order valence-electron chi connectivity index (χ1n) is 12.0. The highest BCUT2D eigenvalue weighted by molar-refractivity contribution is 5.13. The molecule has 0 aliphatic heterocycles. The quantitative estimate of drug-likeness (QED) is 0.703. The molecule has 158 valence electrons. The Morgan fingerprint density at radius 1 is 1.00 bits per heavy atom. The van der Waals surface area contributed by atoms with Crippen molar-refractivity contribution in [2.45, 2.75) is 97.7 Å². The molecule has 4 fully saturated rings. The maximum Gasteiger partial charge on any atom is 0.0624 e. The lowest BCUT2D eigenvalue weighted by atomic mass is 9.41. The summed E-state index contributed by atoms with van der Waals surface area (Å²) in [6, 6.07) is 2.41. The molecule has 0 bridgehead atoms. The first kappa shape index (κ1) is 20.7. The van der Waals surface area contributed by atoms with E-state index in [0.717, 1.165) is 25.7 Å². The van der Waals surface area contributed by atoms with Crippen molar-refractivity contribution in [2.75, 3.05) is 0 Å². The van der Waals surface area contributed by atoms with Crippen LogP contribution in [-0.2, 0) is 0 Å². The Labute approximate surface area is 171 Å². The van der Waals surface area contributed by atoms with Gasteiger partial charge in [0, 0.05) is 6.42 Å². The van der Waals surface area contributed by atoms with Crippen molar-refractivity contribution < 1.29 is 10.2 Å². The minimum atomic E-state index is -0.215. The van der Waals surface area contributed by atoms with Crippen LogP contribution in [0.3, 0.4) is 0 Å². The van der Waals surface area contributed by atoms with Crippen LogP contribution in [-0.4, -0.2) is 22.4 Å². The van der Waals surface area contributed by atoms with Gasteiger partial charge in [-0.2, -0.15) is 5.26 Å². The molecule has 0 aromatic carbocycles. The van der Waals surface area contributed by atoms with Gasteiger partial charge in [0.25, 0.3) is 0 Å². The van der Waals surface area contributed by atoms with Crippen LogP contribution in [0.5, 0.6) is 0 Å². The van der Waals surface area contributed by atoms with Gasteiger partial charge in [0.15, 0.2) is 0 Å². The van der Waals surface area contributed by atoms with Gasteiger partial charge < -0.3 is 10.2 Å². The van der Waals surface area contributed by atoms with Crippen LogP contribution >= 0.6 is 0 Å². The van der Waals surface area contributed by atoms with E-state index >= 15 is 0 Å². The first-order chi connectivity index (χ1) is 13.3. The third-order valence-electron chi connectivity index (χ3n) is 10.6. The van der Waals surface area contributed by atoms with Crippen molar-refractivity contribution in [1.82, 2.24) is 0 Å². The van der Waals surface area contributed by atoms with E-state index in [1.54, 1.807) is 0 Å². The molecule has 0 amide bonds. The van der Waals surface area contributed by atoms with Crippen molar-refractivity contribution in [3.05, 3.63) is 0 Å². The Hall–Kier alpha value is -0.590. The number of aliphatic hydroxyl groups is 2. The van der Waals surface area contributed by atoms with Gasteiger partial charge in [0.1, 0.15) is 0 Å². The first-order valence-corrected chi connectivity index (χ1v) is 12.0. The van der Waals surface area contributed by atoms with Gasteiger partial charge in [-0.15, -0.1) is 0 Å². The molecule has 4 aliphatic rings. The maximum absolute atomic E-state index is 11.7. The van der Waals surface area contributed by atoms with Crippen molar-refractivity contribution >= 4 is 0 Å². The van der Waals surface area contributed by atoms with Crippen molar-refractivity contribution in [3.63, 3.8) is 0 Å². The zero-order valence-corrected chi connectivity index (χ0v) is 18.4. The second-order valence-corrected chi connectivity index (χ2v) is 11.5. The third kappa shape index (κ3) is 2.81. The summed E-state index contributed by atoms with van der Waals surface area (Å²) in [5.41, 5.74) is 0.565. The minimum Gasteiger partial charge on any atom is -0.393 e. The average molecular weight is 388 g/mol. The van der Waals surface area contributed by atoms with Crippen LogP contribution in [0, 0.1) is 63.6 Å². The van der Waals surface area contributed by atoms with E-state index in [4.69, 9.17) is 0 Å². The fraction of sp³-hybridized carbons (Fsp3) is 0.960. The summed E-state index contributed by atoms with van der Waals surface area (Å²) in [7, 11) is 0. The molecule has 0 saturated heterocycles. The standard InChI is InChI=1S/C25H41NO2/c1-5-17-21-14-16(27)8-11-25(21,4)20-9-12-24(3)18(15(2)10-13-26)6-7-19(24)22(20)23(17)28/h15-23,27-28H,5-12,14H2,1-4H3/t15-,16-,17-,18-,19?,20?,21+,22?,23?,24-,25-/m1/s1. The van der Waals surface area contributed by atoms with Gasteiger partial charge in [-0.1, -0.05) is 34.1 Å². The van der Waals surface area contributed by atoms with Gasteiger partial charge in [-0.05, 0) is 97.2 Å². The number of rotatable bonds is 3. The van der Waals surface area contributed by atoms with E-state index in [0.29, 0.717) is 47.8 Å². The summed E-state index contributed by atoms with van der Waals surface area (Å²) in [6.45, 7) is 9.51. The van der Waals surface area contributed by atoms with E-state index in [-0.39, 0.29) is 23.0 Å². The van der Waals surface area contributed by atoms with Gasteiger partial charge in [0.2, 0.25) is 0 Å². The molecular formula is C25H41NO2. The van der Waals surface area contributed by atoms with Crippen molar-refractivity contribution in [2.24, 2.45) is 52.3 Å². The number of hydrogen-bond acceptors (Lipinski definition) is 3. The lowest BCUT2D eigenvalue weighted by Gasteiger charge is -2.64. The summed E-state index contributed by atoms with van der Waals surface area (Å²) < 4.78 is 0. The molecule has 0 aromatic heterocycles. The van der Waals surface area contributed by atoms with Crippen LogP contribution in [0.15, 0.2) is 0 Å². The van der Waals surface area contributed by atoms with Crippen molar-refractivity contribution in [3.8, 4) is 6.07 Å². The maximum atomic E-state index is 11.7. The molecule has 4 rings (SSSR count). The van der Waals surface area contributed by atoms with Crippen LogP contribution < -0.4 is 0 Å². The summed E-state index contributed by atoms with van der Waals surface area (Å²) in [4.78, 5) is 0. The lowest BCUT2D eigenvalue weighted by Crippen LogP contribution is -2.62. The van der Waals surface area contributed by atoms with E-state index < -0.39 is 0 Å². The average Bonchev–Trinajstić information content (AvgIpc) is 3.01. The molecule has 11 atom stereocenters. The zero-order chi connectivity index (χ0) is 20.3. The Morgan fingerprint density at radius 2 is 1.68 bits per heavy atom. The van der Waals surface area contributed by atoms with Crippen LogP contribution in [0.4, 0.5) is 0 Å². The van der Waals surface area contributed by atoms with E-state index in [2.05, 4.69) is 33.8 Å². The molecule has 4 aliphatic carbocycles. The largest absolute Gasteiger partial charge is 0.393 e.